The highest BCUT2D eigenvalue weighted by Crippen LogP contribution is 2.29. The SMILES string of the molecule is CC(C)(c1nc2c(F)cc(F)cc2[nH]1)S(C)(=O)=O. The second-order valence-corrected chi connectivity index (χ2v) is 7.22. The van der Waals surface area contributed by atoms with Gasteiger partial charge in [0.1, 0.15) is 21.9 Å². The molecule has 1 aromatic carbocycles. The maximum absolute atomic E-state index is 13.5. The van der Waals surface area contributed by atoms with E-state index in [0.717, 1.165) is 12.3 Å². The fourth-order valence-corrected chi connectivity index (χ4v) is 1.95. The van der Waals surface area contributed by atoms with E-state index in [2.05, 4.69) is 9.97 Å². The molecule has 4 nitrogen and oxygen atoms in total. The molecule has 0 aliphatic carbocycles. The van der Waals surface area contributed by atoms with E-state index in [1.807, 2.05) is 0 Å². The molecule has 98 valence electrons. The first kappa shape index (κ1) is 12.9. The molecule has 0 amide bonds. The van der Waals surface area contributed by atoms with Crippen molar-refractivity contribution in [2.24, 2.45) is 0 Å². The summed E-state index contributed by atoms with van der Waals surface area (Å²) >= 11 is 0. The summed E-state index contributed by atoms with van der Waals surface area (Å²) in [7, 11) is -3.44. The van der Waals surface area contributed by atoms with Crippen molar-refractivity contribution in [2.45, 2.75) is 18.6 Å². The topological polar surface area (TPSA) is 62.8 Å². The molecule has 1 N–H and O–H groups in total. The molecular weight excluding hydrogens is 262 g/mol. The van der Waals surface area contributed by atoms with Crippen LogP contribution < -0.4 is 0 Å². The van der Waals surface area contributed by atoms with E-state index in [4.69, 9.17) is 0 Å². The van der Waals surface area contributed by atoms with Crippen LogP contribution in [-0.4, -0.2) is 24.6 Å². The Morgan fingerprint density at radius 3 is 2.44 bits per heavy atom. The summed E-state index contributed by atoms with van der Waals surface area (Å²) in [6.07, 6.45) is 1.07. The Hall–Kier alpha value is -1.50. The smallest absolute Gasteiger partial charge is 0.159 e. The molecule has 0 saturated carbocycles. The molecule has 7 heteroatoms. The van der Waals surface area contributed by atoms with E-state index in [1.54, 1.807) is 0 Å². The second kappa shape index (κ2) is 3.74. The Labute approximate surface area is 103 Å². The third kappa shape index (κ3) is 1.88. The Morgan fingerprint density at radius 2 is 1.89 bits per heavy atom. The van der Waals surface area contributed by atoms with Gasteiger partial charge in [-0.2, -0.15) is 0 Å². The lowest BCUT2D eigenvalue weighted by molar-refractivity contribution is 0.552. The zero-order valence-corrected chi connectivity index (χ0v) is 10.9. The van der Waals surface area contributed by atoms with Gasteiger partial charge in [-0.15, -0.1) is 0 Å². The van der Waals surface area contributed by atoms with Gasteiger partial charge in [-0.1, -0.05) is 0 Å². The van der Waals surface area contributed by atoms with Crippen LogP contribution in [0.5, 0.6) is 0 Å². The highest BCUT2D eigenvalue weighted by Gasteiger charge is 2.35. The van der Waals surface area contributed by atoms with Gasteiger partial charge in [0.05, 0.1) is 5.52 Å². The molecule has 0 aliphatic rings. The normalized spacial score (nSPS) is 13.2. The first-order valence-corrected chi connectivity index (χ1v) is 7.07. The number of nitrogens with one attached hydrogen (secondary N) is 1. The van der Waals surface area contributed by atoms with Gasteiger partial charge in [0, 0.05) is 12.3 Å². The summed E-state index contributed by atoms with van der Waals surface area (Å²) in [6, 6.07) is 1.79. The molecule has 1 heterocycles. The van der Waals surface area contributed by atoms with E-state index < -0.39 is 26.2 Å². The van der Waals surface area contributed by atoms with E-state index in [1.165, 1.54) is 13.8 Å². The van der Waals surface area contributed by atoms with Gasteiger partial charge in [0.25, 0.3) is 0 Å². The number of fused-ring (bicyclic) bond motifs is 1. The lowest BCUT2D eigenvalue weighted by Crippen LogP contribution is -2.29. The number of rotatable bonds is 2. The summed E-state index contributed by atoms with van der Waals surface area (Å²) in [6.45, 7) is 2.91. The minimum Gasteiger partial charge on any atom is -0.340 e. The van der Waals surface area contributed by atoms with Gasteiger partial charge in [-0.3, -0.25) is 0 Å². The Balaban J connectivity index is 2.72. The van der Waals surface area contributed by atoms with Crippen LogP contribution in [0.1, 0.15) is 19.7 Å². The molecule has 18 heavy (non-hydrogen) atoms. The van der Waals surface area contributed by atoms with Gasteiger partial charge in [0.15, 0.2) is 15.7 Å². The number of benzene rings is 1. The minimum atomic E-state index is -3.44. The molecule has 0 saturated heterocycles. The van der Waals surface area contributed by atoms with Crippen molar-refractivity contribution in [3.63, 3.8) is 0 Å². The van der Waals surface area contributed by atoms with Gasteiger partial charge in [0.2, 0.25) is 0 Å². The lowest BCUT2D eigenvalue weighted by atomic mass is 10.2. The maximum Gasteiger partial charge on any atom is 0.159 e. The molecule has 0 aliphatic heterocycles. The third-order valence-electron chi connectivity index (χ3n) is 3.00. The predicted molar refractivity (Wildman–Crippen MR) is 63.9 cm³/mol. The predicted octanol–water partition coefficient (Wildman–Crippen LogP) is 2.12. The highest BCUT2D eigenvalue weighted by molar-refractivity contribution is 7.91. The van der Waals surface area contributed by atoms with Crippen LogP contribution in [0, 0.1) is 11.6 Å². The van der Waals surface area contributed by atoms with Crippen molar-refractivity contribution in [1.29, 1.82) is 0 Å². The zero-order valence-electron chi connectivity index (χ0n) is 10.1. The molecule has 0 unspecified atom stereocenters. The standard InChI is InChI=1S/C11H12F2N2O2S/c1-11(2,18(3,16)17)10-14-8-5-6(12)4-7(13)9(8)15-10/h4-5H,1-3H3,(H,14,15). The molecule has 1 aromatic heterocycles. The van der Waals surface area contributed by atoms with Crippen LogP contribution in [0.2, 0.25) is 0 Å². The van der Waals surface area contributed by atoms with Crippen LogP contribution >= 0.6 is 0 Å². The van der Waals surface area contributed by atoms with Crippen molar-refractivity contribution in [1.82, 2.24) is 9.97 Å². The number of hydrogen-bond acceptors (Lipinski definition) is 3. The monoisotopic (exact) mass is 274 g/mol. The summed E-state index contributed by atoms with van der Waals surface area (Å²) in [5, 5.41) is 0. The Kier molecular flexibility index (Phi) is 2.69. The van der Waals surface area contributed by atoms with Crippen LogP contribution in [0.25, 0.3) is 11.0 Å². The molecule has 0 fully saturated rings. The minimum absolute atomic E-state index is 0.0666. The number of aromatic amines is 1. The quantitative estimate of drug-likeness (QED) is 0.912. The number of H-pyrrole nitrogens is 1. The van der Waals surface area contributed by atoms with Crippen molar-refractivity contribution >= 4 is 20.9 Å². The van der Waals surface area contributed by atoms with Crippen molar-refractivity contribution in [3.05, 3.63) is 29.6 Å². The van der Waals surface area contributed by atoms with Crippen LogP contribution in [0.4, 0.5) is 8.78 Å². The first-order valence-electron chi connectivity index (χ1n) is 5.18. The number of halogens is 2. The van der Waals surface area contributed by atoms with Crippen molar-refractivity contribution in [2.75, 3.05) is 6.26 Å². The van der Waals surface area contributed by atoms with E-state index in [0.29, 0.717) is 6.07 Å². The summed E-state index contributed by atoms with van der Waals surface area (Å²) in [5.41, 5.74) is 0.0716. The Morgan fingerprint density at radius 1 is 1.28 bits per heavy atom. The summed E-state index contributed by atoms with van der Waals surface area (Å²) in [5.74, 6) is -1.48. The lowest BCUT2D eigenvalue weighted by Gasteiger charge is -2.19. The van der Waals surface area contributed by atoms with Crippen LogP contribution in [-0.2, 0) is 14.6 Å². The van der Waals surface area contributed by atoms with Crippen molar-refractivity contribution < 1.29 is 17.2 Å². The average molecular weight is 274 g/mol. The van der Waals surface area contributed by atoms with Crippen molar-refractivity contribution in [3.8, 4) is 0 Å². The van der Waals surface area contributed by atoms with E-state index in [9.17, 15) is 17.2 Å². The van der Waals surface area contributed by atoms with Gasteiger partial charge >= 0.3 is 0 Å². The molecule has 2 rings (SSSR count). The first-order chi connectivity index (χ1) is 8.13. The molecule has 0 radical (unpaired) electrons. The highest BCUT2D eigenvalue weighted by atomic mass is 32.2. The van der Waals surface area contributed by atoms with Crippen LogP contribution in [0.3, 0.4) is 0 Å². The van der Waals surface area contributed by atoms with Gasteiger partial charge in [-0.25, -0.2) is 22.2 Å². The average Bonchev–Trinajstić information content (AvgIpc) is 2.59. The summed E-state index contributed by atoms with van der Waals surface area (Å²) in [4.78, 5) is 6.57. The number of hydrogen-bond donors (Lipinski definition) is 1. The molecule has 2 aromatic rings. The fraction of sp³-hybridized carbons (Fsp3) is 0.364. The third-order valence-corrected chi connectivity index (χ3v) is 5.05. The molecular formula is C11H12F2N2O2S. The fourth-order valence-electron chi connectivity index (χ4n) is 1.50. The molecule has 0 spiro atoms. The van der Waals surface area contributed by atoms with Crippen LogP contribution in [0.15, 0.2) is 12.1 Å². The number of sulfone groups is 1. The largest absolute Gasteiger partial charge is 0.340 e. The maximum atomic E-state index is 13.5. The summed E-state index contributed by atoms with van der Waals surface area (Å²) < 4.78 is 48.5. The Bertz CT molecular complexity index is 720. The number of imidazole rings is 1. The van der Waals surface area contributed by atoms with Gasteiger partial charge < -0.3 is 4.98 Å². The number of aromatic nitrogens is 2. The van der Waals surface area contributed by atoms with Gasteiger partial charge in [-0.05, 0) is 19.9 Å². The molecule has 0 bridgehead atoms. The second-order valence-electron chi connectivity index (χ2n) is 4.65. The zero-order chi connectivity index (χ0) is 13.7. The van der Waals surface area contributed by atoms with E-state index >= 15 is 0 Å². The number of nitrogens with zero attached hydrogens (tertiary/aromatic N) is 1. The molecule has 0 atom stereocenters. The van der Waals surface area contributed by atoms with E-state index in [-0.39, 0.29) is 16.9 Å².